The van der Waals surface area contributed by atoms with E-state index in [1.165, 1.54) is 25.3 Å². The van der Waals surface area contributed by atoms with E-state index in [9.17, 15) is 0 Å². The fourth-order valence-electron chi connectivity index (χ4n) is 0.923. The molecule has 0 aromatic carbocycles. The molecule has 0 atom stereocenters. The maximum Gasteiger partial charge on any atom is 0.00544 e. The predicted octanol–water partition coefficient (Wildman–Crippen LogP) is 2.02. The Kier molecular flexibility index (Phi) is 5.19. The van der Waals surface area contributed by atoms with Gasteiger partial charge in [0.2, 0.25) is 0 Å². The average molecular weight is 177 g/mol. The molecule has 70 valence electrons. The summed E-state index contributed by atoms with van der Waals surface area (Å²) in [5, 5.41) is 0. The lowest BCUT2D eigenvalue weighted by Crippen LogP contribution is -2.24. The van der Waals surface area contributed by atoms with Crippen LogP contribution in [0.1, 0.15) is 13.3 Å². The highest BCUT2D eigenvalue weighted by Crippen LogP contribution is 2.33. The van der Waals surface area contributed by atoms with E-state index in [1.54, 1.807) is 0 Å². The number of rotatable bonds is 5. The number of hydrogen-bond acceptors (Lipinski definition) is 1. The van der Waals surface area contributed by atoms with E-state index in [-0.39, 0.29) is 10.0 Å². The predicted molar refractivity (Wildman–Crippen MR) is 58.0 cm³/mol. The van der Waals surface area contributed by atoms with E-state index in [0.717, 1.165) is 0 Å². The molecule has 0 aliphatic carbocycles. The minimum absolute atomic E-state index is 0.279. The van der Waals surface area contributed by atoms with Gasteiger partial charge in [0.05, 0.1) is 0 Å². The van der Waals surface area contributed by atoms with Crippen molar-refractivity contribution in [2.45, 2.75) is 13.3 Å². The van der Waals surface area contributed by atoms with Gasteiger partial charge in [-0.05, 0) is 44.5 Å². The Hall–Kier alpha value is 0.310. The Labute approximate surface area is 73.5 Å². The largest absolute Gasteiger partial charge is 0.306 e. The van der Waals surface area contributed by atoms with Crippen LogP contribution >= 0.6 is 10.0 Å². The quantitative estimate of drug-likeness (QED) is 0.621. The van der Waals surface area contributed by atoms with Gasteiger partial charge in [0.25, 0.3) is 0 Å². The van der Waals surface area contributed by atoms with Gasteiger partial charge >= 0.3 is 0 Å². The second-order valence-corrected chi connectivity index (χ2v) is 8.69. The Balaban J connectivity index is 3.38. The summed E-state index contributed by atoms with van der Waals surface area (Å²) in [6, 6.07) is 0. The summed E-state index contributed by atoms with van der Waals surface area (Å²) in [6.07, 6.45) is 8.42. The molecule has 0 aliphatic rings. The van der Waals surface area contributed by atoms with E-state index in [1.807, 2.05) is 0 Å². The fraction of sp³-hybridized carbons (Fsp3) is 1.00. The normalized spacial score (nSPS) is 14.0. The first-order valence-electron chi connectivity index (χ1n) is 4.30. The molecular formula is C9H23NS. The third kappa shape index (κ3) is 8.21. The first-order chi connectivity index (χ1) is 4.95. The van der Waals surface area contributed by atoms with E-state index in [2.05, 4.69) is 37.6 Å². The Morgan fingerprint density at radius 1 is 1.09 bits per heavy atom. The molecule has 0 radical (unpaired) electrons. The molecule has 0 amide bonds. The van der Waals surface area contributed by atoms with Crippen molar-refractivity contribution in [2.75, 3.05) is 44.7 Å². The Bertz CT molecular complexity index is 96.2. The van der Waals surface area contributed by atoms with Crippen LogP contribution in [0.4, 0.5) is 0 Å². The Morgan fingerprint density at radius 2 is 1.64 bits per heavy atom. The standard InChI is InChI=1S/C9H23NS/c1-6-7-10(2)8-9-11(3,4)5/h6-9H2,1-5H3. The highest BCUT2D eigenvalue weighted by molar-refractivity contribution is 8.32. The molecule has 0 aromatic rings. The molecular weight excluding hydrogens is 154 g/mol. The summed E-state index contributed by atoms with van der Waals surface area (Å²) >= 11 is 0. The van der Waals surface area contributed by atoms with Crippen LogP contribution in [0.3, 0.4) is 0 Å². The van der Waals surface area contributed by atoms with Gasteiger partial charge in [-0.15, -0.1) is 0 Å². The maximum absolute atomic E-state index is 2.43. The highest BCUT2D eigenvalue weighted by atomic mass is 32.3. The van der Waals surface area contributed by atoms with Crippen LogP contribution in [-0.4, -0.2) is 49.6 Å². The van der Waals surface area contributed by atoms with E-state index in [0.29, 0.717) is 0 Å². The summed E-state index contributed by atoms with van der Waals surface area (Å²) < 4.78 is 0. The minimum Gasteiger partial charge on any atom is -0.306 e. The lowest BCUT2D eigenvalue weighted by molar-refractivity contribution is 0.356. The van der Waals surface area contributed by atoms with E-state index in [4.69, 9.17) is 0 Å². The van der Waals surface area contributed by atoms with Gasteiger partial charge in [-0.3, -0.25) is 0 Å². The van der Waals surface area contributed by atoms with Gasteiger partial charge in [-0.1, -0.05) is 6.92 Å². The number of hydrogen-bond donors (Lipinski definition) is 0. The molecule has 1 nitrogen and oxygen atoms in total. The van der Waals surface area contributed by atoms with Crippen LogP contribution in [0.15, 0.2) is 0 Å². The first-order valence-corrected chi connectivity index (χ1v) is 7.33. The molecule has 0 rings (SSSR count). The second kappa shape index (κ2) is 5.04. The molecule has 0 saturated heterocycles. The van der Waals surface area contributed by atoms with Gasteiger partial charge in [-0.25, -0.2) is 10.0 Å². The van der Waals surface area contributed by atoms with E-state index >= 15 is 0 Å². The zero-order chi connectivity index (χ0) is 8.91. The zero-order valence-corrected chi connectivity index (χ0v) is 9.50. The van der Waals surface area contributed by atoms with Gasteiger partial charge < -0.3 is 4.90 Å². The Morgan fingerprint density at radius 3 is 2.00 bits per heavy atom. The van der Waals surface area contributed by atoms with Gasteiger partial charge in [0.1, 0.15) is 0 Å². The smallest absolute Gasteiger partial charge is 0.00544 e. The molecule has 0 spiro atoms. The fourth-order valence-corrected chi connectivity index (χ4v) is 1.78. The van der Waals surface area contributed by atoms with Crippen molar-refractivity contribution in [3.05, 3.63) is 0 Å². The van der Waals surface area contributed by atoms with Crippen LogP contribution in [0.5, 0.6) is 0 Å². The summed E-state index contributed by atoms with van der Waals surface area (Å²) in [6.45, 7) is 4.75. The van der Waals surface area contributed by atoms with Gasteiger partial charge in [0.15, 0.2) is 0 Å². The lowest BCUT2D eigenvalue weighted by atomic mass is 10.4. The molecule has 2 heteroatoms. The average Bonchev–Trinajstić information content (AvgIpc) is 1.83. The van der Waals surface area contributed by atoms with Crippen molar-refractivity contribution >= 4 is 10.0 Å². The summed E-state index contributed by atoms with van der Waals surface area (Å²) in [5.41, 5.74) is 0. The molecule has 0 bridgehead atoms. The van der Waals surface area contributed by atoms with Crippen molar-refractivity contribution in [2.24, 2.45) is 0 Å². The minimum atomic E-state index is -0.279. The van der Waals surface area contributed by atoms with Crippen LogP contribution in [-0.2, 0) is 0 Å². The van der Waals surface area contributed by atoms with Crippen molar-refractivity contribution < 1.29 is 0 Å². The van der Waals surface area contributed by atoms with Crippen LogP contribution < -0.4 is 0 Å². The third-order valence-corrected chi connectivity index (χ3v) is 3.10. The first kappa shape index (κ1) is 11.3. The van der Waals surface area contributed by atoms with Crippen LogP contribution in [0.2, 0.25) is 0 Å². The van der Waals surface area contributed by atoms with Crippen molar-refractivity contribution in [1.82, 2.24) is 4.90 Å². The topological polar surface area (TPSA) is 3.24 Å². The van der Waals surface area contributed by atoms with Crippen LogP contribution in [0, 0.1) is 0 Å². The van der Waals surface area contributed by atoms with Crippen molar-refractivity contribution in [3.63, 3.8) is 0 Å². The third-order valence-electron chi connectivity index (χ3n) is 1.69. The molecule has 0 saturated carbocycles. The SMILES string of the molecule is CCCN(C)CCS(C)(C)C. The summed E-state index contributed by atoms with van der Waals surface area (Å²) in [7, 11) is 1.94. The van der Waals surface area contributed by atoms with Gasteiger partial charge in [0, 0.05) is 6.54 Å². The molecule has 0 unspecified atom stereocenters. The van der Waals surface area contributed by atoms with Crippen molar-refractivity contribution in [1.29, 1.82) is 0 Å². The highest BCUT2D eigenvalue weighted by Gasteiger charge is 2.04. The van der Waals surface area contributed by atoms with Crippen LogP contribution in [0.25, 0.3) is 0 Å². The molecule has 0 fully saturated rings. The summed E-state index contributed by atoms with van der Waals surface area (Å²) in [5.74, 6) is 1.38. The molecule has 0 aliphatic heterocycles. The molecule has 0 N–H and O–H groups in total. The molecule has 0 aromatic heterocycles. The number of nitrogens with zero attached hydrogens (tertiary/aromatic N) is 1. The van der Waals surface area contributed by atoms with Crippen molar-refractivity contribution in [3.8, 4) is 0 Å². The zero-order valence-electron chi connectivity index (χ0n) is 8.68. The lowest BCUT2D eigenvalue weighted by Gasteiger charge is -2.28. The van der Waals surface area contributed by atoms with E-state index < -0.39 is 0 Å². The molecule has 11 heavy (non-hydrogen) atoms. The van der Waals surface area contributed by atoms with Gasteiger partial charge in [-0.2, -0.15) is 0 Å². The summed E-state index contributed by atoms with van der Waals surface area (Å²) in [4.78, 5) is 2.43. The monoisotopic (exact) mass is 177 g/mol. The maximum atomic E-state index is 2.43. The molecule has 0 heterocycles. The second-order valence-electron chi connectivity index (χ2n) is 4.10.